The quantitative estimate of drug-likeness (QED) is 0.608. The molecule has 1 aliphatic carbocycles. The van der Waals surface area contributed by atoms with Crippen LogP contribution < -0.4 is 11.1 Å². The zero-order chi connectivity index (χ0) is 11.9. The molecule has 0 atom stereocenters. The molecule has 0 aliphatic heterocycles. The average Bonchev–Trinajstić information content (AvgIpc) is 2.36. The van der Waals surface area contributed by atoms with E-state index in [4.69, 9.17) is 10.5 Å². The van der Waals surface area contributed by atoms with E-state index in [-0.39, 0.29) is 0 Å². The van der Waals surface area contributed by atoms with Crippen LogP contribution in [0.3, 0.4) is 0 Å². The van der Waals surface area contributed by atoms with E-state index in [0.29, 0.717) is 6.10 Å². The molecule has 3 nitrogen and oxygen atoms in total. The van der Waals surface area contributed by atoms with Crippen molar-refractivity contribution in [2.45, 2.75) is 38.2 Å². The van der Waals surface area contributed by atoms with Crippen LogP contribution in [0, 0.1) is 0 Å². The first-order valence-electron chi connectivity index (χ1n) is 6.55. The number of nitrogens with one attached hydrogen (secondary N) is 1. The van der Waals surface area contributed by atoms with Gasteiger partial charge in [0.05, 0.1) is 12.7 Å². The summed E-state index contributed by atoms with van der Waals surface area (Å²) in [5.41, 5.74) is 7.57. The molecule has 1 fully saturated rings. The SMILES string of the molecule is Nc1cccc(NCCOC2CCCCC2)c1. The summed E-state index contributed by atoms with van der Waals surface area (Å²) < 4.78 is 5.84. The van der Waals surface area contributed by atoms with Crippen molar-refractivity contribution in [2.75, 3.05) is 24.2 Å². The van der Waals surface area contributed by atoms with Crippen molar-refractivity contribution in [3.8, 4) is 0 Å². The van der Waals surface area contributed by atoms with E-state index in [9.17, 15) is 0 Å². The van der Waals surface area contributed by atoms with Gasteiger partial charge in [-0.25, -0.2) is 0 Å². The Balaban J connectivity index is 1.62. The van der Waals surface area contributed by atoms with Crippen LogP contribution >= 0.6 is 0 Å². The van der Waals surface area contributed by atoms with E-state index in [1.54, 1.807) is 0 Å². The normalized spacial score (nSPS) is 16.9. The highest BCUT2D eigenvalue weighted by atomic mass is 16.5. The Hall–Kier alpha value is -1.22. The number of hydrogen-bond acceptors (Lipinski definition) is 3. The van der Waals surface area contributed by atoms with Crippen molar-refractivity contribution in [2.24, 2.45) is 0 Å². The topological polar surface area (TPSA) is 47.3 Å². The fraction of sp³-hybridized carbons (Fsp3) is 0.571. The van der Waals surface area contributed by atoms with Crippen LogP contribution in [0.2, 0.25) is 0 Å². The second-order valence-electron chi connectivity index (χ2n) is 4.68. The third-order valence-corrected chi connectivity index (χ3v) is 3.22. The molecular weight excluding hydrogens is 212 g/mol. The summed E-state index contributed by atoms with van der Waals surface area (Å²) in [6.07, 6.45) is 6.99. The summed E-state index contributed by atoms with van der Waals surface area (Å²) in [4.78, 5) is 0. The van der Waals surface area contributed by atoms with Gasteiger partial charge in [0, 0.05) is 17.9 Å². The largest absolute Gasteiger partial charge is 0.399 e. The highest BCUT2D eigenvalue weighted by Crippen LogP contribution is 2.20. The van der Waals surface area contributed by atoms with Gasteiger partial charge in [0.2, 0.25) is 0 Å². The highest BCUT2D eigenvalue weighted by molar-refractivity contribution is 5.53. The van der Waals surface area contributed by atoms with Gasteiger partial charge in [0.1, 0.15) is 0 Å². The van der Waals surface area contributed by atoms with Crippen LogP contribution in [-0.4, -0.2) is 19.3 Å². The maximum Gasteiger partial charge on any atom is 0.0642 e. The van der Waals surface area contributed by atoms with Crippen molar-refractivity contribution >= 4 is 11.4 Å². The molecule has 0 bridgehead atoms. The molecule has 0 saturated heterocycles. The summed E-state index contributed by atoms with van der Waals surface area (Å²) in [6, 6.07) is 7.82. The molecular formula is C14H22N2O. The Morgan fingerprint density at radius 3 is 2.82 bits per heavy atom. The number of nitrogen functional groups attached to an aromatic ring is 1. The van der Waals surface area contributed by atoms with E-state index in [2.05, 4.69) is 5.32 Å². The Labute approximate surface area is 103 Å². The van der Waals surface area contributed by atoms with Gasteiger partial charge in [0.15, 0.2) is 0 Å². The number of hydrogen-bond donors (Lipinski definition) is 2. The Morgan fingerprint density at radius 1 is 1.24 bits per heavy atom. The minimum Gasteiger partial charge on any atom is -0.399 e. The third kappa shape index (κ3) is 4.27. The molecule has 1 aromatic carbocycles. The minimum atomic E-state index is 0.492. The number of nitrogens with two attached hydrogens (primary N) is 1. The number of ether oxygens (including phenoxy) is 1. The molecule has 17 heavy (non-hydrogen) atoms. The molecule has 0 heterocycles. The lowest BCUT2D eigenvalue weighted by molar-refractivity contribution is 0.0347. The van der Waals surface area contributed by atoms with Crippen LogP contribution in [0.5, 0.6) is 0 Å². The van der Waals surface area contributed by atoms with Crippen LogP contribution in [-0.2, 0) is 4.74 Å². The summed E-state index contributed by atoms with van der Waals surface area (Å²) in [5, 5.41) is 3.32. The van der Waals surface area contributed by atoms with Crippen molar-refractivity contribution in [1.82, 2.24) is 0 Å². The second-order valence-corrected chi connectivity index (χ2v) is 4.68. The van der Waals surface area contributed by atoms with E-state index in [1.807, 2.05) is 24.3 Å². The smallest absolute Gasteiger partial charge is 0.0642 e. The lowest BCUT2D eigenvalue weighted by Gasteiger charge is -2.22. The molecule has 3 N–H and O–H groups in total. The first kappa shape index (κ1) is 12.2. The number of rotatable bonds is 5. The number of benzene rings is 1. The van der Waals surface area contributed by atoms with Crippen molar-refractivity contribution in [3.63, 3.8) is 0 Å². The molecule has 2 rings (SSSR count). The van der Waals surface area contributed by atoms with Crippen LogP contribution in [0.4, 0.5) is 11.4 Å². The Morgan fingerprint density at radius 2 is 2.06 bits per heavy atom. The minimum absolute atomic E-state index is 0.492. The summed E-state index contributed by atoms with van der Waals surface area (Å²) in [5.74, 6) is 0. The molecule has 94 valence electrons. The van der Waals surface area contributed by atoms with Crippen molar-refractivity contribution in [3.05, 3.63) is 24.3 Å². The molecule has 0 spiro atoms. The second kappa shape index (κ2) is 6.50. The van der Waals surface area contributed by atoms with Crippen LogP contribution in [0.1, 0.15) is 32.1 Å². The summed E-state index contributed by atoms with van der Waals surface area (Å²) in [6.45, 7) is 1.62. The fourth-order valence-corrected chi connectivity index (χ4v) is 2.30. The zero-order valence-corrected chi connectivity index (χ0v) is 10.3. The lowest BCUT2D eigenvalue weighted by atomic mass is 9.98. The zero-order valence-electron chi connectivity index (χ0n) is 10.3. The molecule has 3 heteroatoms. The molecule has 0 aromatic heterocycles. The molecule has 1 saturated carbocycles. The predicted octanol–water partition coefficient (Wildman–Crippen LogP) is 3.03. The molecule has 0 amide bonds. The van der Waals surface area contributed by atoms with Gasteiger partial charge in [-0.1, -0.05) is 25.3 Å². The van der Waals surface area contributed by atoms with Crippen LogP contribution in [0.25, 0.3) is 0 Å². The summed E-state index contributed by atoms with van der Waals surface area (Å²) >= 11 is 0. The van der Waals surface area contributed by atoms with Gasteiger partial charge >= 0.3 is 0 Å². The van der Waals surface area contributed by atoms with Gasteiger partial charge in [-0.15, -0.1) is 0 Å². The van der Waals surface area contributed by atoms with Gasteiger partial charge in [-0.05, 0) is 31.0 Å². The van der Waals surface area contributed by atoms with E-state index in [0.717, 1.165) is 24.5 Å². The third-order valence-electron chi connectivity index (χ3n) is 3.22. The first-order chi connectivity index (χ1) is 8.34. The Kier molecular flexibility index (Phi) is 4.68. The first-order valence-corrected chi connectivity index (χ1v) is 6.55. The molecule has 0 unspecified atom stereocenters. The van der Waals surface area contributed by atoms with Gasteiger partial charge in [-0.2, -0.15) is 0 Å². The van der Waals surface area contributed by atoms with E-state index < -0.39 is 0 Å². The molecule has 0 radical (unpaired) electrons. The summed E-state index contributed by atoms with van der Waals surface area (Å²) in [7, 11) is 0. The highest BCUT2D eigenvalue weighted by Gasteiger charge is 2.12. The van der Waals surface area contributed by atoms with Crippen molar-refractivity contribution in [1.29, 1.82) is 0 Å². The molecule has 1 aromatic rings. The maximum atomic E-state index is 5.84. The van der Waals surface area contributed by atoms with Gasteiger partial charge in [0.25, 0.3) is 0 Å². The predicted molar refractivity (Wildman–Crippen MR) is 72.2 cm³/mol. The van der Waals surface area contributed by atoms with Gasteiger partial charge in [-0.3, -0.25) is 0 Å². The average molecular weight is 234 g/mol. The standard InChI is InChI=1S/C14H22N2O/c15-12-5-4-6-13(11-12)16-9-10-17-14-7-2-1-3-8-14/h4-6,11,14,16H,1-3,7-10,15H2. The van der Waals surface area contributed by atoms with E-state index in [1.165, 1.54) is 32.1 Å². The van der Waals surface area contributed by atoms with Crippen LogP contribution in [0.15, 0.2) is 24.3 Å². The van der Waals surface area contributed by atoms with Crippen molar-refractivity contribution < 1.29 is 4.74 Å². The van der Waals surface area contributed by atoms with E-state index >= 15 is 0 Å². The fourth-order valence-electron chi connectivity index (χ4n) is 2.30. The molecule has 1 aliphatic rings. The monoisotopic (exact) mass is 234 g/mol. The number of anilines is 2. The Bertz CT molecular complexity index is 335. The van der Waals surface area contributed by atoms with Gasteiger partial charge < -0.3 is 15.8 Å². The lowest BCUT2D eigenvalue weighted by Crippen LogP contribution is -2.20. The maximum absolute atomic E-state index is 5.84.